The molecule has 0 aliphatic rings. The van der Waals surface area contributed by atoms with E-state index in [1.165, 1.54) is 19.1 Å². The third kappa shape index (κ3) is 5.27. The summed E-state index contributed by atoms with van der Waals surface area (Å²) in [6, 6.07) is 12.8. The Kier molecular flexibility index (Phi) is 6.09. The molecule has 9 heteroatoms. The number of nitrogens with one attached hydrogen (secondary N) is 1. The number of sulfonamides is 1. The third-order valence-corrected chi connectivity index (χ3v) is 5.69. The maximum Gasteiger partial charge on any atom is 0.324 e. The van der Waals surface area contributed by atoms with Gasteiger partial charge in [0.05, 0.1) is 4.90 Å². The first kappa shape index (κ1) is 20.7. The number of carbonyl (C=O) groups is 1. The first-order valence-electron chi connectivity index (χ1n) is 8.90. The van der Waals surface area contributed by atoms with Gasteiger partial charge in [-0.3, -0.25) is 4.79 Å². The highest BCUT2D eigenvalue weighted by Crippen LogP contribution is 2.17. The van der Waals surface area contributed by atoms with Gasteiger partial charge in [-0.1, -0.05) is 52.7 Å². The summed E-state index contributed by atoms with van der Waals surface area (Å²) in [7, 11) is -3.84. The molecule has 29 heavy (non-hydrogen) atoms. The van der Waals surface area contributed by atoms with Crippen molar-refractivity contribution in [1.29, 1.82) is 0 Å². The summed E-state index contributed by atoms with van der Waals surface area (Å²) in [5.41, 5.74) is 2.81. The van der Waals surface area contributed by atoms with E-state index in [1.807, 2.05) is 38.1 Å². The lowest BCUT2D eigenvalue weighted by Crippen LogP contribution is -2.39. The second-order valence-electron chi connectivity index (χ2n) is 6.64. The summed E-state index contributed by atoms with van der Waals surface area (Å²) in [5.74, 6) is -0.262. The minimum atomic E-state index is -3.84. The van der Waals surface area contributed by atoms with Crippen molar-refractivity contribution in [2.75, 3.05) is 0 Å². The van der Waals surface area contributed by atoms with Gasteiger partial charge in [-0.15, -0.1) is 0 Å². The van der Waals surface area contributed by atoms with Crippen LogP contribution in [-0.2, 0) is 26.2 Å². The molecule has 1 aromatic heterocycles. The van der Waals surface area contributed by atoms with Gasteiger partial charge in [-0.05, 0) is 32.9 Å². The molecule has 1 N–H and O–H groups in total. The summed E-state index contributed by atoms with van der Waals surface area (Å²) < 4.78 is 37.2. The Morgan fingerprint density at radius 3 is 2.28 bits per heavy atom. The fourth-order valence-corrected chi connectivity index (χ4v) is 3.65. The monoisotopic (exact) mass is 415 g/mol. The molecule has 2 aromatic carbocycles. The SMILES string of the molecule is Cc1ccc(-c2noc(COC(=O)[C@@H](C)NS(=O)(=O)c3ccc(C)cc3)n2)cc1. The van der Waals surface area contributed by atoms with E-state index in [0.29, 0.717) is 5.82 Å². The van der Waals surface area contributed by atoms with Crippen molar-refractivity contribution in [3.8, 4) is 11.4 Å². The predicted molar refractivity (Wildman–Crippen MR) is 105 cm³/mol. The summed E-state index contributed by atoms with van der Waals surface area (Å²) in [6.45, 7) is 4.97. The van der Waals surface area contributed by atoms with Crippen molar-refractivity contribution in [2.24, 2.45) is 0 Å². The van der Waals surface area contributed by atoms with Gasteiger partial charge < -0.3 is 9.26 Å². The third-order valence-electron chi connectivity index (χ3n) is 4.13. The fraction of sp³-hybridized carbons (Fsp3) is 0.250. The molecule has 0 fully saturated rings. The topological polar surface area (TPSA) is 111 Å². The van der Waals surface area contributed by atoms with Crippen LogP contribution < -0.4 is 4.72 Å². The molecule has 0 amide bonds. The van der Waals surface area contributed by atoms with Crippen LogP contribution in [0.1, 0.15) is 23.9 Å². The van der Waals surface area contributed by atoms with E-state index in [2.05, 4.69) is 14.9 Å². The molecule has 0 spiro atoms. The molecule has 152 valence electrons. The van der Waals surface area contributed by atoms with Gasteiger partial charge in [0.25, 0.3) is 5.89 Å². The van der Waals surface area contributed by atoms with Crippen molar-refractivity contribution in [1.82, 2.24) is 14.9 Å². The van der Waals surface area contributed by atoms with Crippen LogP contribution in [0.5, 0.6) is 0 Å². The van der Waals surface area contributed by atoms with Crippen LogP contribution in [0.4, 0.5) is 0 Å². The van der Waals surface area contributed by atoms with Crippen LogP contribution in [0.3, 0.4) is 0 Å². The van der Waals surface area contributed by atoms with Gasteiger partial charge in [-0.2, -0.15) is 9.71 Å². The largest absolute Gasteiger partial charge is 0.454 e. The molecule has 3 aromatic rings. The molecule has 8 nitrogen and oxygen atoms in total. The highest BCUT2D eigenvalue weighted by molar-refractivity contribution is 7.89. The van der Waals surface area contributed by atoms with Crippen molar-refractivity contribution in [2.45, 2.75) is 38.3 Å². The van der Waals surface area contributed by atoms with Gasteiger partial charge in [0.15, 0.2) is 6.61 Å². The van der Waals surface area contributed by atoms with Gasteiger partial charge in [0.2, 0.25) is 15.8 Å². The standard InChI is InChI=1S/C20H21N3O5S/c1-13-4-8-16(9-5-13)19-21-18(28-22-19)12-27-20(24)15(3)23-29(25,26)17-10-6-14(2)7-11-17/h4-11,15,23H,12H2,1-3H3/t15-/m1/s1. The lowest BCUT2D eigenvalue weighted by molar-refractivity contribution is -0.147. The van der Waals surface area contributed by atoms with Crippen LogP contribution in [0.15, 0.2) is 57.9 Å². The van der Waals surface area contributed by atoms with Crippen LogP contribution in [0, 0.1) is 13.8 Å². The zero-order chi connectivity index (χ0) is 21.0. The normalized spacial score (nSPS) is 12.5. The Labute approximate surface area is 169 Å². The van der Waals surface area contributed by atoms with E-state index in [9.17, 15) is 13.2 Å². The van der Waals surface area contributed by atoms with E-state index in [1.54, 1.807) is 12.1 Å². The maximum absolute atomic E-state index is 12.4. The average Bonchev–Trinajstić information content (AvgIpc) is 3.15. The minimum absolute atomic E-state index is 0.0717. The van der Waals surface area contributed by atoms with Crippen LogP contribution in [-0.4, -0.2) is 30.6 Å². The predicted octanol–water partition coefficient (Wildman–Crippen LogP) is 2.76. The second-order valence-corrected chi connectivity index (χ2v) is 8.36. The summed E-state index contributed by atoms with van der Waals surface area (Å²) in [4.78, 5) is 16.4. The van der Waals surface area contributed by atoms with Gasteiger partial charge >= 0.3 is 5.97 Å². The Balaban J connectivity index is 1.57. The maximum atomic E-state index is 12.4. The van der Waals surface area contributed by atoms with E-state index in [4.69, 9.17) is 9.26 Å². The minimum Gasteiger partial charge on any atom is -0.454 e. The second kappa shape index (κ2) is 8.54. The number of hydrogen-bond donors (Lipinski definition) is 1. The Bertz CT molecular complexity index is 1090. The first-order chi connectivity index (χ1) is 13.7. The number of rotatable bonds is 7. The van der Waals surface area contributed by atoms with Crippen molar-refractivity contribution < 1.29 is 22.5 Å². The molecule has 0 unspecified atom stereocenters. The lowest BCUT2D eigenvalue weighted by Gasteiger charge is -2.13. The van der Waals surface area contributed by atoms with Crippen molar-refractivity contribution in [3.63, 3.8) is 0 Å². The molecule has 1 atom stereocenters. The lowest BCUT2D eigenvalue weighted by atomic mass is 10.1. The highest BCUT2D eigenvalue weighted by Gasteiger charge is 2.23. The zero-order valence-electron chi connectivity index (χ0n) is 16.2. The summed E-state index contributed by atoms with van der Waals surface area (Å²) >= 11 is 0. The van der Waals surface area contributed by atoms with Crippen molar-refractivity contribution >= 4 is 16.0 Å². The molecule has 0 bridgehead atoms. The summed E-state index contributed by atoms with van der Waals surface area (Å²) in [5, 5.41) is 3.86. The van der Waals surface area contributed by atoms with Gasteiger partial charge in [0, 0.05) is 5.56 Å². The van der Waals surface area contributed by atoms with E-state index in [-0.39, 0.29) is 17.4 Å². The molecule has 0 aliphatic carbocycles. The first-order valence-corrected chi connectivity index (χ1v) is 10.4. The zero-order valence-corrected chi connectivity index (χ0v) is 17.1. The molecule has 0 radical (unpaired) electrons. The fourth-order valence-electron chi connectivity index (χ4n) is 2.46. The number of aryl methyl sites for hydroxylation is 2. The number of carbonyl (C=O) groups excluding carboxylic acids is 1. The number of esters is 1. The Hall–Kier alpha value is -3.04. The van der Waals surface area contributed by atoms with Crippen molar-refractivity contribution in [3.05, 3.63) is 65.5 Å². The average molecular weight is 415 g/mol. The Morgan fingerprint density at radius 2 is 1.66 bits per heavy atom. The smallest absolute Gasteiger partial charge is 0.324 e. The number of aromatic nitrogens is 2. The number of hydrogen-bond acceptors (Lipinski definition) is 7. The molecule has 0 aliphatic heterocycles. The Morgan fingerprint density at radius 1 is 1.07 bits per heavy atom. The number of ether oxygens (including phenoxy) is 1. The molecule has 0 saturated carbocycles. The molecule has 0 saturated heterocycles. The van der Waals surface area contributed by atoms with Crippen LogP contribution in [0.25, 0.3) is 11.4 Å². The van der Waals surface area contributed by atoms with Crippen LogP contribution >= 0.6 is 0 Å². The molecule has 1 heterocycles. The van der Waals surface area contributed by atoms with E-state index in [0.717, 1.165) is 16.7 Å². The summed E-state index contributed by atoms with van der Waals surface area (Å²) in [6.07, 6.45) is 0. The highest BCUT2D eigenvalue weighted by atomic mass is 32.2. The quantitative estimate of drug-likeness (QED) is 0.591. The van der Waals surface area contributed by atoms with Gasteiger partial charge in [0.1, 0.15) is 6.04 Å². The number of nitrogens with zero attached hydrogens (tertiary/aromatic N) is 2. The van der Waals surface area contributed by atoms with E-state index < -0.39 is 22.0 Å². The number of benzene rings is 2. The van der Waals surface area contributed by atoms with Crippen LogP contribution in [0.2, 0.25) is 0 Å². The molecular weight excluding hydrogens is 394 g/mol. The van der Waals surface area contributed by atoms with Gasteiger partial charge in [-0.25, -0.2) is 8.42 Å². The molecular formula is C20H21N3O5S. The van der Waals surface area contributed by atoms with E-state index >= 15 is 0 Å². The molecule has 3 rings (SSSR count).